The summed E-state index contributed by atoms with van der Waals surface area (Å²) in [5.74, 6) is 2.09. The highest BCUT2D eigenvalue weighted by Gasteiger charge is 2.43. The Kier molecular flexibility index (Phi) is 6.66. The number of amides is 1. The first-order chi connectivity index (χ1) is 14.5. The average molecular weight is 461 g/mol. The number of hydrogen-bond donors (Lipinski definition) is 1. The zero-order valence-electron chi connectivity index (χ0n) is 16.5. The topological polar surface area (TPSA) is 59.8 Å². The molecule has 2 atom stereocenters. The molecule has 5 nitrogen and oxygen atoms in total. The van der Waals surface area contributed by atoms with Crippen molar-refractivity contribution in [2.45, 2.75) is 43.4 Å². The fourth-order valence-corrected chi connectivity index (χ4v) is 4.61. The van der Waals surface area contributed by atoms with Crippen molar-refractivity contribution in [3.63, 3.8) is 0 Å². The minimum Gasteiger partial charge on any atom is -0.351 e. The molecule has 0 radical (unpaired) electrons. The maximum Gasteiger partial charge on any atom is 0.230 e. The van der Waals surface area contributed by atoms with Crippen LogP contribution in [0.25, 0.3) is 0 Å². The van der Waals surface area contributed by atoms with E-state index in [2.05, 4.69) is 39.1 Å². The third-order valence-corrected chi connectivity index (χ3v) is 6.69. The summed E-state index contributed by atoms with van der Waals surface area (Å²) in [6.07, 6.45) is 1.06. The maximum absolute atomic E-state index is 12.2. The van der Waals surface area contributed by atoms with Crippen molar-refractivity contribution < 1.29 is 4.79 Å². The van der Waals surface area contributed by atoms with Crippen molar-refractivity contribution in [2.75, 3.05) is 5.75 Å². The first-order valence-electron chi connectivity index (χ1n) is 9.87. The molecule has 4 rings (SSSR count). The van der Waals surface area contributed by atoms with E-state index in [9.17, 15) is 4.79 Å². The van der Waals surface area contributed by atoms with Crippen LogP contribution in [0.1, 0.15) is 42.1 Å². The van der Waals surface area contributed by atoms with E-state index in [0.717, 1.165) is 34.5 Å². The van der Waals surface area contributed by atoms with Crippen LogP contribution in [0.4, 0.5) is 0 Å². The molecule has 8 heteroatoms. The molecule has 1 aliphatic rings. The quantitative estimate of drug-likeness (QED) is 0.464. The lowest BCUT2D eigenvalue weighted by molar-refractivity contribution is -0.118. The Morgan fingerprint density at radius 3 is 2.40 bits per heavy atom. The molecule has 1 aromatic heterocycles. The molecule has 1 heterocycles. The number of hydrogen-bond acceptors (Lipinski definition) is 4. The lowest BCUT2D eigenvalue weighted by Gasteiger charge is -2.08. The number of nitrogens with one attached hydrogen (secondary N) is 1. The second-order valence-electron chi connectivity index (χ2n) is 7.28. The minimum atomic E-state index is -0.0346. The Balaban J connectivity index is 1.33. The molecular formula is C22H22Cl2N4OS. The SMILES string of the molecule is CCn1c(SCC(=O)NCc2ccc(Cl)cc2)nnc1[C@@H]1C[C@H]1c1ccc(Cl)cc1. The van der Waals surface area contributed by atoms with E-state index in [1.54, 1.807) is 0 Å². The van der Waals surface area contributed by atoms with Gasteiger partial charge in [0.1, 0.15) is 5.82 Å². The number of aromatic nitrogens is 3. The Morgan fingerprint density at radius 1 is 1.07 bits per heavy atom. The molecule has 30 heavy (non-hydrogen) atoms. The summed E-state index contributed by atoms with van der Waals surface area (Å²) in [6.45, 7) is 3.34. The van der Waals surface area contributed by atoms with Gasteiger partial charge < -0.3 is 9.88 Å². The summed E-state index contributed by atoms with van der Waals surface area (Å²) in [5.41, 5.74) is 2.30. The molecule has 1 amide bonds. The number of benzene rings is 2. The monoisotopic (exact) mass is 460 g/mol. The second kappa shape index (κ2) is 9.41. The molecule has 0 aliphatic heterocycles. The van der Waals surface area contributed by atoms with Crippen LogP contribution in [0.3, 0.4) is 0 Å². The number of halogens is 2. The van der Waals surface area contributed by atoms with Crippen molar-refractivity contribution >= 4 is 40.9 Å². The van der Waals surface area contributed by atoms with E-state index in [1.165, 1.54) is 17.3 Å². The summed E-state index contributed by atoms with van der Waals surface area (Å²) in [4.78, 5) is 12.2. The first-order valence-corrected chi connectivity index (χ1v) is 11.6. The smallest absolute Gasteiger partial charge is 0.230 e. The van der Waals surface area contributed by atoms with Crippen LogP contribution in [0.5, 0.6) is 0 Å². The lowest BCUT2D eigenvalue weighted by Crippen LogP contribution is -2.24. The molecule has 2 aromatic carbocycles. The Bertz CT molecular complexity index is 1020. The van der Waals surface area contributed by atoms with Gasteiger partial charge in [0.2, 0.25) is 5.91 Å². The molecule has 1 aliphatic carbocycles. The summed E-state index contributed by atoms with van der Waals surface area (Å²) in [5, 5.41) is 13.9. The summed E-state index contributed by atoms with van der Waals surface area (Å²) >= 11 is 13.3. The van der Waals surface area contributed by atoms with E-state index >= 15 is 0 Å². The highest BCUT2D eigenvalue weighted by atomic mass is 35.5. The Hall–Kier alpha value is -2.02. The molecule has 1 N–H and O–H groups in total. The van der Waals surface area contributed by atoms with E-state index in [-0.39, 0.29) is 5.91 Å². The molecular weight excluding hydrogens is 439 g/mol. The van der Waals surface area contributed by atoms with Gasteiger partial charge in [0.15, 0.2) is 5.16 Å². The molecule has 1 saturated carbocycles. The van der Waals surface area contributed by atoms with Crippen LogP contribution >= 0.6 is 35.0 Å². The molecule has 0 bridgehead atoms. The fraction of sp³-hybridized carbons (Fsp3) is 0.318. The first kappa shape index (κ1) is 21.2. The Labute approximate surface area is 190 Å². The minimum absolute atomic E-state index is 0.0346. The van der Waals surface area contributed by atoms with Gasteiger partial charge in [0.05, 0.1) is 5.75 Å². The molecule has 3 aromatic rings. The normalized spacial score (nSPS) is 17.7. The lowest BCUT2D eigenvalue weighted by atomic mass is 10.1. The van der Waals surface area contributed by atoms with Crippen LogP contribution in [-0.2, 0) is 17.9 Å². The van der Waals surface area contributed by atoms with Gasteiger partial charge in [-0.25, -0.2) is 0 Å². The summed E-state index contributed by atoms with van der Waals surface area (Å²) < 4.78 is 2.12. The third-order valence-electron chi connectivity index (χ3n) is 5.22. The number of nitrogens with zero attached hydrogens (tertiary/aromatic N) is 3. The predicted octanol–water partition coefficient (Wildman–Crippen LogP) is 5.28. The van der Waals surface area contributed by atoms with Crippen LogP contribution in [0.2, 0.25) is 10.0 Å². The Morgan fingerprint density at radius 2 is 1.73 bits per heavy atom. The standard InChI is InChI=1S/C22H22Cl2N4OS/c1-2-28-21(19-11-18(19)15-5-9-17(24)10-6-15)26-27-22(28)30-13-20(29)25-12-14-3-7-16(23)8-4-14/h3-10,18-19H,2,11-13H2,1H3,(H,25,29)/t18-,19+/m0/s1. The number of carbonyl (C=O) groups excluding carboxylic acids is 1. The molecule has 156 valence electrons. The van der Waals surface area contributed by atoms with Crippen molar-refractivity contribution in [1.82, 2.24) is 20.1 Å². The largest absolute Gasteiger partial charge is 0.351 e. The van der Waals surface area contributed by atoms with Crippen LogP contribution < -0.4 is 5.32 Å². The van der Waals surface area contributed by atoms with Gasteiger partial charge in [-0.1, -0.05) is 59.2 Å². The fourth-order valence-electron chi connectivity index (χ4n) is 3.52. The van der Waals surface area contributed by atoms with Crippen LogP contribution in [-0.4, -0.2) is 26.4 Å². The van der Waals surface area contributed by atoms with Crippen molar-refractivity contribution in [3.8, 4) is 0 Å². The van der Waals surface area contributed by atoms with Crippen LogP contribution in [0, 0.1) is 0 Å². The van der Waals surface area contributed by atoms with Gasteiger partial charge in [-0.15, -0.1) is 10.2 Å². The number of thioether (sulfide) groups is 1. The molecule has 0 spiro atoms. The van der Waals surface area contributed by atoms with Crippen molar-refractivity contribution in [2.24, 2.45) is 0 Å². The molecule has 1 fully saturated rings. The van der Waals surface area contributed by atoms with E-state index in [1.807, 2.05) is 36.4 Å². The predicted molar refractivity (Wildman–Crippen MR) is 121 cm³/mol. The van der Waals surface area contributed by atoms with Crippen molar-refractivity contribution in [1.29, 1.82) is 0 Å². The maximum atomic E-state index is 12.2. The highest BCUT2D eigenvalue weighted by molar-refractivity contribution is 7.99. The average Bonchev–Trinajstić information content (AvgIpc) is 3.44. The number of carbonyl (C=O) groups is 1. The number of rotatable bonds is 8. The van der Waals surface area contributed by atoms with Gasteiger partial charge in [-0.05, 0) is 54.7 Å². The van der Waals surface area contributed by atoms with Gasteiger partial charge in [0, 0.05) is 29.1 Å². The summed E-state index contributed by atoms with van der Waals surface area (Å²) in [6, 6.07) is 15.5. The van der Waals surface area contributed by atoms with Gasteiger partial charge in [-0.3, -0.25) is 4.79 Å². The van der Waals surface area contributed by atoms with Gasteiger partial charge >= 0.3 is 0 Å². The second-order valence-corrected chi connectivity index (χ2v) is 9.09. The van der Waals surface area contributed by atoms with Crippen LogP contribution in [0.15, 0.2) is 53.7 Å². The van der Waals surface area contributed by atoms with Gasteiger partial charge in [-0.2, -0.15) is 0 Å². The zero-order valence-corrected chi connectivity index (χ0v) is 18.8. The zero-order chi connectivity index (χ0) is 21.1. The molecule has 0 saturated heterocycles. The van der Waals surface area contributed by atoms with Crippen molar-refractivity contribution in [3.05, 3.63) is 75.5 Å². The third kappa shape index (κ3) is 4.99. The van der Waals surface area contributed by atoms with E-state index in [0.29, 0.717) is 29.2 Å². The van der Waals surface area contributed by atoms with Gasteiger partial charge in [0.25, 0.3) is 0 Å². The van der Waals surface area contributed by atoms with E-state index in [4.69, 9.17) is 23.2 Å². The molecule has 0 unspecified atom stereocenters. The van der Waals surface area contributed by atoms with E-state index < -0.39 is 0 Å². The summed E-state index contributed by atoms with van der Waals surface area (Å²) in [7, 11) is 0. The highest BCUT2D eigenvalue weighted by Crippen LogP contribution is 2.54.